The number of hydrogen-bond acceptors (Lipinski definition) is 12. The molecule has 0 saturated carbocycles. The van der Waals surface area contributed by atoms with E-state index in [-0.39, 0.29) is 94.2 Å². The Morgan fingerprint density at radius 1 is 0.407 bits per heavy atom. The smallest absolute Gasteiger partial charge is 0.550 e. The summed E-state index contributed by atoms with van der Waals surface area (Å²) in [6.07, 6.45) is 0. The van der Waals surface area contributed by atoms with Gasteiger partial charge in [-0.3, -0.25) is 0 Å². The normalized spacial score (nSPS) is 5.56. The zero-order valence-corrected chi connectivity index (χ0v) is 22.4. The van der Waals surface area contributed by atoms with Gasteiger partial charge in [-0.15, -0.1) is 0 Å². The van der Waals surface area contributed by atoms with Crippen LogP contribution in [0.1, 0.15) is 41.5 Å². The first kappa shape index (κ1) is 56.3. The largest absolute Gasteiger partial charge is 3.00 e. The van der Waals surface area contributed by atoms with Gasteiger partial charge in [-0.05, 0) is 41.5 Å². The second kappa shape index (κ2) is 50.1. The molecule has 0 aromatic carbocycles. The summed E-state index contributed by atoms with van der Waals surface area (Å²) >= 11 is 0. The molecule has 0 aromatic rings. The molecule has 0 radical (unpaired) electrons. The standard InChI is InChI=1S/6C2H4O2.Au.K.Pd/c6*1-2(3)4;;;/h6*1H3,(H,3,4);;;/q;;;;;;+3;+1;+2/p-6. The number of hydrogen-bond donors (Lipinski definition) is 0. The number of carboxylic acids is 6. The SMILES string of the molecule is CC(=O)[O-].CC(=O)[O-].CC(=O)[O-].CC(=O)[O-].CC(=O)[O-].CC(=O)[O-].[Au+3].[K+].[Pd+2]. The zero-order chi connectivity index (χ0) is 21.5. The molecule has 0 aromatic heterocycles. The molecule has 0 aliphatic rings. The monoisotopic (exact) mass is 696 g/mol. The van der Waals surface area contributed by atoms with Crippen molar-refractivity contribution in [2.45, 2.75) is 41.5 Å². The van der Waals surface area contributed by atoms with Crippen LogP contribution in [-0.4, -0.2) is 35.8 Å². The maximum atomic E-state index is 8.89. The van der Waals surface area contributed by atoms with Gasteiger partial charge in [0.1, 0.15) is 0 Å². The molecule has 160 valence electrons. The molecular weight excluding hydrogens is 679 g/mol. The second-order valence-corrected chi connectivity index (χ2v) is 2.95. The van der Waals surface area contributed by atoms with Crippen molar-refractivity contribution in [3.63, 3.8) is 0 Å². The summed E-state index contributed by atoms with van der Waals surface area (Å²) in [7, 11) is 0. The van der Waals surface area contributed by atoms with Crippen molar-refractivity contribution in [3.8, 4) is 0 Å². The maximum absolute atomic E-state index is 8.89. The van der Waals surface area contributed by atoms with Gasteiger partial charge in [0.2, 0.25) is 0 Å². The number of rotatable bonds is 0. The second-order valence-electron chi connectivity index (χ2n) is 2.95. The Morgan fingerprint density at radius 2 is 0.407 bits per heavy atom. The predicted octanol–water partition coefficient (Wildman–Crippen LogP) is -10.5. The van der Waals surface area contributed by atoms with Gasteiger partial charge in [0.15, 0.2) is 0 Å². The average molecular weight is 697 g/mol. The summed E-state index contributed by atoms with van der Waals surface area (Å²) in [6, 6.07) is 0. The number of aliphatic carboxylic acids is 6. The number of carbonyl (C=O) groups is 6. The van der Waals surface area contributed by atoms with Crippen molar-refractivity contribution < 1.29 is 154 Å². The molecule has 0 heterocycles. The summed E-state index contributed by atoms with van der Waals surface area (Å²) in [5.41, 5.74) is 0. The van der Waals surface area contributed by atoms with Gasteiger partial charge in [-0.25, -0.2) is 0 Å². The number of carbonyl (C=O) groups excluding carboxylic acids is 6. The van der Waals surface area contributed by atoms with Crippen LogP contribution in [0.2, 0.25) is 0 Å². The van der Waals surface area contributed by atoms with E-state index in [2.05, 4.69) is 0 Å². The van der Waals surface area contributed by atoms with E-state index in [1.807, 2.05) is 0 Å². The molecule has 12 nitrogen and oxygen atoms in total. The third-order valence-corrected chi connectivity index (χ3v) is 0. The van der Waals surface area contributed by atoms with Crippen LogP contribution in [0.3, 0.4) is 0 Å². The molecule has 15 heteroatoms. The molecule has 0 amide bonds. The molecule has 27 heavy (non-hydrogen) atoms. The first-order valence-corrected chi connectivity index (χ1v) is 5.45. The topological polar surface area (TPSA) is 241 Å². The Hall–Kier alpha value is -0.141. The van der Waals surface area contributed by atoms with Crippen LogP contribution >= 0.6 is 0 Å². The Kier molecular flexibility index (Phi) is 104. The van der Waals surface area contributed by atoms with Crippen LogP contribution in [0.15, 0.2) is 0 Å². The fraction of sp³-hybridized carbons (Fsp3) is 0.500. The van der Waals surface area contributed by atoms with Crippen LogP contribution in [0, 0.1) is 0 Å². The van der Waals surface area contributed by atoms with E-state index in [1.54, 1.807) is 0 Å². The molecule has 0 atom stereocenters. The quantitative estimate of drug-likeness (QED) is 0.215. The fourth-order valence-corrected chi connectivity index (χ4v) is 0. The Bertz CT molecular complexity index is 274. The van der Waals surface area contributed by atoms with Crippen molar-refractivity contribution in [3.05, 3.63) is 0 Å². The summed E-state index contributed by atoms with van der Waals surface area (Å²) in [5.74, 6) is -6.50. The third kappa shape index (κ3) is 740000. The molecule has 0 rings (SSSR count). The minimum atomic E-state index is -1.08. The minimum Gasteiger partial charge on any atom is -0.550 e. The molecule has 0 spiro atoms. The van der Waals surface area contributed by atoms with Gasteiger partial charge in [0, 0.05) is 35.8 Å². The Balaban J connectivity index is -0.0000000201. The molecule has 0 saturated heterocycles. The van der Waals surface area contributed by atoms with Gasteiger partial charge in [-0.1, -0.05) is 0 Å². The van der Waals surface area contributed by atoms with Crippen molar-refractivity contribution in [2.24, 2.45) is 0 Å². The van der Waals surface area contributed by atoms with Gasteiger partial charge < -0.3 is 59.4 Å². The van der Waals surface area contributed by atoms with Crippen LogP contribution in [0.4, 0.5) is 0 Å². The predicted molar refractivity (Wildman–Crippen MR) is 64.1 cm³/mol. The molecule has 0 aliphatic heterocycles. The van der Waals surface area contributed by atoms with Gasteiger partial charge in [-0.2, -0.15) is 0 Å². The maximum Gasteiger partial charge on any atom is 3.00 e. The molecule has 0 unspecified atom stereocenters. The van der Waals surface area contributed by atoms with Crippen molar-refractivity contribution in [1.29, 1.82) is 0 Å². The molecular formula is C12H18AuKO12Pd. The minimum absolute atomic E-state index is 0. The van der Waals surface area contributed by atoms with Gasteiger partial charge in [0.05, 0.1) is 0 Å². The van der Waals surface area contributed by atoms with Gasteiger partial charge >= 0.3 is 94.2 Å². The van der Waals surface area contributed by atoms with E-state index >= 15 is 0 Å². The molecule has 0 N–H and O–H groups in total. The molecule has 0 fully saturated rings. The Labute approximate surface area is 228 Å². The van der Waals surface area contributed by atoms with E-state index in [1.165, 1.54) is 0 Å². The average Bonchev–Trinajstić information content (AvgIpc) is 2.08. The van der Waals surface area contributed by atoms with Crippen LogP contribution in [0.5, 0.6) is 0 Å². The van der Waals surface area contributed by atoms with E-state index in [0.717, 1.165) is 41.5 Å². The van der Waals surface area contributed by atoms with E-state index in [0.29, 0.717) is 0 Å². The van der Waals surface area contributed by atoms with Crippen LogP contribution in [0.25, 0.3) is 0 Å². The fourth-order valence-electron chi connectivity index (χ4n) is 0. The summed E-state index contributed by atoms with van der Waals surface area (Å²) in [6.45, 7) is 5.83. The number of carboxylic acid groups (broad SMARTS) is 6. The molecule has 0 aliphatic carbocycles. The zero-order valence-electron chi connectivity index (χ0n) is 15.5. The van der Waals surface area contributed by atoms with Crippen LogP contribution < -0.4 is 82.0 Å². The van der Waals surface area contributed by atoms with Crippen LogP contribution in [-0.2, 0) is 71.6 Å². The van der Waals surface area contributed by atoms with Crippen molar-refractivity contribution in [1.82, 2.24) is 0 Å². The van der Waals surface area contributed by atoms with Gasteiger partial charge in [0.25, 0.3) is 0 Å². The Morgan fingerprint density at radius 3 is 0.407 bits per heavy atom. The van der Waals surface area contributed by atoms with Crippen molar-refractivity contribution in [2.75, 3.05) is 0 Å². The third-order valence-electron chi connectivity index (χ3n) is 0. The first-order chi connectivity index (χ1) is 10.4. The molecule has 0 bridgehead atoms. The van der Waals surface area contributed by atoms with E-state index in [9.17, 15) is 0 Å². The summed E-state index contributed by atoms with van der Waals surface area (Å²) in [4.78, 5) is 53.3. The van der Waals surface area contributed by atoms with Crippen molar-refractivity contribution >= 4 is 35.8 Å². The van der Waals surface area contributed by atoms with E-state index in [4.69, 9.17) is 59.4 Å². The van der Waals surface area contributed by atoms with E-state index < -0.39 is 35.8 Å². The first-order valence-electron chi connectivity index (χ1n) is 5.45. The summed E-state index contributed by atoms with van der Waals surface area (Å²) in [5, 5.41) is 53.3. The summed E-state index contributed by atoms with van der Waals surface area (Å²) < 4.78 is 0.